The molecule has 27 heavy (non-hydrogen) atoms. The highest BCUT2D eigenvalue weighted by molar-refractivity contribution is 7.81. The lowest BCUT2D eigenvalue weighted by molar-refractivity contribution is 0.292. The number of hydrogen-bond acceptors (Lipinski definition) is 6. The van der Waals surface area contributed by atoms with E-state index in [4.69, 9.17) is 4.74 Å². The predicted molar refractivity (Wildman–Crippen MR) is 87.4 cm³/mol. The first-order valence-corrected chi connectivity index (χ1v) is 8.76. The topological polar surface area (TPSA) is 83.3 Å². The lowest BCUT2D eigenvalue weighted by atomic mass is 10.2. The van der Waals surface area contributed by atoms with Crippen molar-refractivity contribution in [3.63, 3.8) is 0 Å². The van der Waals surface area contributed by atoms with Crippen molar-refractivity contribution in [2.75, 3.05) is 0 Å². The molecular weight excluding hydrogens is 387 g/mol. The molecule has 0 radical (unpaired) electrons. The normalized spacial score (nSPS) is 11.4. The van der Waals surface area contributed by atoms with Crippen molar-refractivity contribution >= 4 is 10.5 Å². The first-order chi connectivity index (χ1) is 12.7. The Labute approximate surface area is 152 Å². The van der Waals surface area contributed by atoms with Crippen LogP contribution in [-0.2, 0) is 17.1 Å². The minimum absolute atomic E-state index is 0.170. The summed E-state index contributed by atoms with van der Waals surface area (Å²) in [4.78, 5) is 0. The fraction of sp³-hybridized carbons (Fsp3) is 0.125. The van der Waals surface area contributed by atoms with E-state index < -0.39 is 28.7 Å². The van der Waals surface area contributed by atoms with Crippen LogP contribution in [-0.4, -0.2) is 23.4 Å². The molecule has 3 rings (SSSR count). The molecule has 0 N–H and O–H groups in total. The van der Waals surface area contributed by atoms with Gasteiger partial charge in [0.2, 0.25) is 0 Å². The molecule has 1 heterocycles. The smallest absolute Gasteiger partial charge is 0.488 e. The van der Waals surface area contributed by atoms with Gasteiger partial charge in [-0.25, -0.2) is 13.5 Å². The Bertz CT molecular complexity index is 1050. The number of benzene rings is 2. The summed E-state index contributed by atoms with van der Waals surface area (Å²) in [6.07, 6.45) is 1.52. The summed E-state index contributed by atoms with van der Waals surface area (Å²) in [5.74, 6) is -1.76. The van der Waals surface area contributed by atoms with Crippen LogP contribution in [0.15, 0.2) is 42.6 Å². The summed E-state index contributed by atoms with van der Waals surface area (Å²) in [5, 5.41) is 7.50. The maximum atomic E-state index is 14.2. The lowest BCUT2D eigenvalue weighted by Gasteiger charge is -2.10. The molecule has 0 aliphatic carbocycles. The van der Waals surface area contributed by atoms with Crippen molar-refractivity contribution in [1.29, 1.82) is 0 Å². The minimum Gasteiger partial charge on any atom is -0.489 e. The first kappa shape index (κ1) is 18.7. The molecule has 0 bridgehead atoms. The number of hydrogen-bond donors (Lipinski definition) is 0. The molecule has 0 aliphatic rings. The molecule has 7 nitrogen and oxygen atoms in total. The predicted octanol–water partition coefficient (Wildman–Crippen LogP) is 3.03. The van der Waals surface area contributed by atoms with Gasteiger partial charge in [-0.15, -0.1) is 5.10 Å². The van der Waals surface area contributed by atoms with Crippen LogP contribution >= 0.6 is 0 Å². The average molecular weight is 399 g/mol. The molecule has 0 fully saturated rings. The molecule has 1 aromatic heterocycles. The summed E-state index contributed by atoms with van der Waals surface area (Å²) in [5.41, 5.74) is 0.460. The van der Waals surface area contributed by atoms with E-state index >= 15 is 0 Å². The Morgan fingerprint density at radius 3 is 2.19 bits per heavy atom. The van der Waals surface area contributed by atoms with Crippen molar-refractivity contribution in [1.82, 2.24) is 15.0 Å². The number of nitrogens with zero attached hydrogens (tertiary/aromatic N) is 3. The monoisotopic (exact) mass is 399 g/mol. The first-order valence-electron chi connectivity index (χ1n) is 7.45. The largest absolute Gasteiger partial charge is 0.489 e. The van der Waals surface area contributed by atoms with Crippen LogP contribution in [0.3, 0.4) is 0 Å². The van der Waals surface area contributed by atoms with Gasteiger partial charge in [-0.3, -0.25) is 0 Å². The van der Waals surface area contributed by atoms with Crippen molar-refractivity contribution in [3.8, 4) is 17.2 Å². The van der Waals surface area contributed by atoms with Gasteiger partial charge in [-0.05, 0) is 31.2 Å². The molecule has 0 saturated carbocycles. The van der Waals surface area contributed by atoms with E-state index in [1.807, 2.05) is 0 Å². The van der Waals surface area contributed by atoms with Crippen molar-refractivity contribution in [2.24, 2.45) is 0 Å². The molecule has 0 atom stereocenters. The Hall–Kier alpha value is -3.08. The minimum atomic E-state index is -5.13. The number of aryl methyl sites for hydroxylation is 1. The zero-order chi connectivity index (χ0) is 19.6. The van der Waals surface area contributed by atoms with Crippen LogP contribution in [0.2, 0.25) is 0 Å². The highest BCUT2D eigenvalue weighted by Gasteiger charge is 2.14. The van der Waals surface area contributed by atoms with Gasteiger partial charge < -0.3 is 8.92 Å². The van der Waals surface area contributed by atoms with Gasteiger partial charge in [0, 0.05) is 12.1 Å². The summed E-state index contributed by atoms with van der Waals surface area (Å²) < 4.78 is 72.2. The van der Waals surface area contributed by atoms with Gasteiger partial charge in [-0.2, -0.15) is 8.42 Å². The number of aromatic nitrogens is 3. The average Bonchev–Trinajstić information content (AvgIpc) is 3.00. The molecule has 3 aromatic rings. The second-order valence-electron chi connectivity index (χ2n) is 5.43. The highest BCUT2D eigenvalue weighted by Crippen LogP contribution is 2.23. The molecule has 11 heteroatoms. The van der Waals surface area contributed by atoms with Gasteiger partial charge in [0.25, 0.3) is 0 Å². The Kier molecular flexibility index (Phi) is 5.04. The number of halogens is 3. The van der Waals surface area contributed by atoms with Crippen LogP contribution in [0, 0.1) is 18.6 Å². The van der Waals surface area contributed by atoms with E-state index in [9.17, 15) is 21.1 Å². The van der Waals surface area contributed by atoms with Crippen LogP contribution in [0.1, 0.15) is 11.3 Å². The van der Waals surface area contributed by atoms with Crippen molar-refractivity contribution < 1.29 is 30.0 Å². The third-order valence-corrected chi connectivity index (χ3v) is 3.79. The van der Waals surface area contributed by atoms with Gasteiger partial charge >= 0.3 is 10.5 Å². The molecule has 0 amide bonds. The zero-order valence-corrected chi connectivity index (χ0v) is 14.6. The maximum Gasteiger partial charge on any atom is 0.488 e. The summed E-state index contributed by atoms with van der Waals surface area (Å²) in [6.45, 7) is 1.27. The fourth-order valence-corrected chi connectivity index (χ4v) is 2.54. The summed E-state index contributed by atoms with van der Waals surface area (Å²) in [6, 6.07) is 6.99. The van der Waals surface area contributed by atoms with Gasteiger partial charge in [0.1, 0.15) is 29.7 Å². The van der Waals surface area contributed by atoms with Crippen LogP contribution < -0.4 is 8.92 Å². The van der Waals surface area contributed by atoms with E-state index in [1.165, 1.54) is 23.0 Å². The zero-order valence-electron chi connectivity index (χ0n) is 13.8. The number of rotatable bonds is 6. The maximum absolute atomic E-state index is 14.2. The molecule has 2 aromatic carbocycles. The Balaban J connectivity index is 1.72. The van der Waals surface area contributed by atoms with Crippen LogP contribution in [0.4, 0.5) is 12.7 Å². The fourth-order valence-electron chi connectivity index (χ4n) is 2.20. The summed E-state index contributed by atoms with van der Waals surface area (Å²) in [7, 11) is -5.13. The molecule has 0 unspecified atom stereocenters. The van der Waals surface area contributed by atoms with Crippen LogP contribution in [0.5, 0.6) is 11.5 Å². The van der Waals surface area contributed by atoms with Gasteiger partial charge in [-0.1, -0.05) is 9.10 Å². The third kappa shape index (κ3) is 4.76. The quantitative estimate of drug-likeness (QED) is 0.593. The van der Waals surface area contributed by atoms with E-state index in [0.717, 1.165) is 24.3 Å². The van der Waals surface area contributed by atoms with E-state index in [-0.39, 0.29) is 22.7 Å². The SMILES string of the molecule is Cc1cn(-c2cc(F)c(COc3ccc(OS(=O)(=O)F)cc3)c(F)c2)nn1. The molecular formula is C16H12F3N3O4S. The highest BCUT2D eigenvalue weighted by atomic mass is 32.3. The van der Waals surface area contributed by atoms with E-state index in [0.29, 0.717) is 5.69 Å². The molecule has 0 aliphatic heterocycles. The third-order valence-electron chi connectivity index (χ3n) is 3.40. The van der Waals surface area contributed by atoms with Gasteiger partial charge in [0.15, 0.2) is 0 Å². The summed E-state index contributed by atoms with van der Waals surface area (Å²) >= 11 is 0. The van der Waals surface area contributed by atoms with E-state index in [2.05, 4.69) is 14.5 Å². The second-order valence-corrected chi connectivity index (χ2v) is 6.38. The Morgan fingerprint density at radius 1 is 1.07 bits per heavy atom. The second kappa shape index (κ2) is 7.27. The van der Waals surface area contributed by atoms with Gasteiger partial charge in [0.05, 0.1) is 23.1 Å². The van der Waals surface area contributed by atoms with Crippen LogP contribution in [0.25, 0.3) is 5.69 Å². The lowest BCUT2D eigenvalue weighted by Crippen LogP contribution is -2.05. The molecule has 142 valence electrons. The Morgan fingerprint density at radius 2 is 1.67 bits per heavy atom. The van der Waals surface area contributed by atoms with Crippen molar-refractivity contribution in [3.05, 3.63) is 65.5 Å². The molecule has 0 spiro atoms. The number of ether oxygens (including phenoxy) is 1. The van der Waals surface area contributed by atoms with Crippen molar-refractivity contribution in [2.45, 2.75) is 13.5 Å². The van der Waals surface area contributed by atoms with E-state index in [1.54, 1.807) is 6.92 Å². The standard InChI is InChI=1S/C16H12F3N3O4S/c1-10-8-22(21-20-10)11-6-15(17)14(16(18)7-11)9-25-12-2-4-13(5-3-12)26-27(19,23)24/h2-8H,9H2,1H3. The molecule has 0 saturated heterocycles.